The maximum atomic E-state index is 12.0. The van der Waals surface area contributed by atoms with Crippen molar-refractivity contribution in [1.29, 1.82) is 0 Å². The predicted molar refractivity (Wildman–Crippen MR) is 118 cm³/mol. The zero-order valence-electron chi connectivity index (χ0n) is 17.0. The molecule has 4 rings (SSSR count). The van der Waals surface area contributed by atoms with E-state index < -0.39 is 0 Å². The Kier molecular flexibility index (Phi) is 5.54. The van der Waals surface area contributed by atoms with Gasteiger partial charge in [0.05, 0.1) is 0 Å². The molecule has 2 N–H and O–H groups in total. The maximum absolute atomic E-state index is 12.0. The number of amides is 1. The molecular weight excluding hydrogens is 360 g/mol. The van der Waals surface area contributed by atoms with Gasteiger partial charge < -0.3 is 15.4 Å². The molecule has 3 aromatic rings. The van der Waals surface area contributed by atoms with Gasteiger partial charge in [0.2, 0.25) is 5.91 Å². The number of anilines is 1. The van der Waals surface area contributed by atoms with Crippen LogP contribution < -0.4 is 10.6 Å². The van der Waals surface area contributed by atoms with Crippen molar-refractivity contribution in [2.24, 2.45) is 17.6 Å². The van der Waals surface area contributed by atoms with Crippen molar-refractivity contribution in [3.63, 3.8) is 0 Å². The molecule has 0 saturated carbocycles. The van der Waals surface area contributed by atoms with Gasteiger partial charge in [-0.3, -0.25) is 4.79 Å². The molecule has 4 unspecified atom stereocenters. The van der Waals surface area contributed by atoms with Gasteiger partial charge in [0.25, 0.3) is 0 Å². The molecular formula is C25H28N2O2. The van der Waals surface area contributed by atoms with Crippen LogP contribution in [-0.4, -0.2) is 25.8 Å². The molecule has 3 aromatic carbocycles. The molecule has 1 saturated heterocycles. The van der Waals surface area contributed by atoms with Crippen LogP contribution in [0.1, 0.15) is 24.8 Å². The number of nitrogens with zero attached hydrogens (tertiary/aromatic N) is 1. The molecule has 1 aliphatic heterocycles. The molecule has 29 heavy (non-hydrogen) atoms. The molecule has 0 spiro atoms. The summed E-state index contributed by atoms with van der Waals surface area (Å²) in [6.07, 6.45) is 0.662. The summed E-state index contributed by atoms with van der Waals surface area (Å²) in [4.78, 5) is 14.4. The SMILES string of the molecule is COC1CC(C(C)C(N)=O)C(c2ccccc2)CN1c1ccc2ccccc2c1. The number of primary amides is 1. The van der Waals surface area contributed by atoms with Gasteiger partial charge in [0, 0.05) is 31.2 Å². The highest BCUT2D eigenvalue weighted by molar-refractivity contribution is 5.86. The topological polar surface area (TPSA) is 55.6 Å². The monoisotopic (exact) mass is 388 g/mol. The van der Waals surface area contributed by atoms with Gasteiger partial charge in [-0.05, 0) is 40.8 Å². The minimum atomic E-state index is -0.245. The number of benzene rings is 3. The van der Waals surface area contributed by atoms with Crippen molar-refractivity contribution in [2.45, 2.75) is 25.5 Å². The third-order valence-electron chi connectivity index (χ3n) is 6.39. The average molecular weight is 389 g/mol. The lowest BCUT2D eigenvalue weighted by atomic mass is 9.73. The Labute approximate surface area is 172 Å². The molecule has 0 radical (unpaired) electrons. The highest BCUT2D eigenvalue weighted by Crippen LogP contribution is 2.42. The van der Waals surface area contributed by atoms with E-state index in [4.69, 9.17) is 10.5 Å². The number of methoxy groups -OCH3 is 1. The van der Waals surface area contributed by atoms with Crippen LogP contribution in [0.2, 0.25) is 0 Å². The Morgan fingerprint density at radius 2 is 1.72 bits per heavy atom. The van der Waals surface area contributed by atoms with Crippen molar-refractivity contribution < 1.29 is 9.53 Å². The fraction of sp³-hybridized carbons (Fsp3) is 0.320. The maximum Gasteiger partial charge on any atom is 0.220 e. The molecule has 4 atom stereocenters. The van der Waals surface area contributed by atoms with E-state index in [2.05, 4.69) is 71.6 Å². The summed E-state index contributed by atoms with van der Waals surface area (Å²) in [6, 6.07) is 25.4. The number of nitrogens with two attached hydrogens (primary N) is 1. The van der Waals surface area contributed by atoms with Crippen LogP contribution in [0.3, 0.4) is 0 Å². The van der Waals surface area contributed by atoms with Crippen LogP contribution in [0, 0.1) is 11.8 Å². The molecule has 0 aliphatic carbocycles. The summed E-state index contributed by atoms with van der Waals surface area (Å²) in [7, 11) is 1.74. The van der Waals surface area contributed by atoms with E-state index in [9.17, 15) is 4.79 Å². The third-order valence-corrected chi connectivity index (χ3v) is 6.39. The van der Waals surface area contributed by atoms with Crippen LogP contribution >= 0.6 is 0 Å². The second-order valence-corrected chi connectivity index (χ2v) is 7.98. The normalized spacial score (nSPS) is 23.1. The summed E-state index contributed by atoms with van der Waals surface area (Å²) >= 11 is 0. The second kappa shape index (κ2) is 8.26. The van der Waals surface area contributed by atoms with Gasteiger partial charge in [-0.25, -0.2) is 0 Å². The van der Waals surface area contributed by atoms with E-state index in [1.807, 2.05) is 13.0 Å². The molecule has 1 heterocycles. The van der Waals surface area contributed by atoms with Gasteiger partial charge in [-0.1, -0.05) is 67.6 Å². The van der Waals surface area contributed by atoms with E-state index in [0.717, 1.165) is 18.7 Å². The smallest absolute Gasteiger partial charge is 0.220 e. The molecule has 4 nitrogen and oxygen atoms in total. The number of hydrogen-bond acceptors (Lipinski definition) is 3. The van der Waals surface area contributed by atoms with Crippen molar-refractivity contribution in [3.05, 3.63) is 78.4 Å². The van der Waals surface area contributed by atoms with Gasteiger partial charge in [0.1, 0.15) is 6.23 Å². The fourth-order valence-corrected chi connectivity index (χ4v) is 4.66. The van der Waals surface area contributed by atoms with Gasteiger partial charge in [-0.2, -0.15) is 0 Å². The van der Waals surface area contributed by atoms with Crippen molar-refractivity contribution >= 4 is 22.4 Å². The Bertz CT molecular complexity index is 988. The van der Waals surface area contributed by atoms with Crippen LogP contribution in [0.25, 0.3) is 10.8 Å². The van der Waals surface area contributed by atoms with Crippen LogP contribution in [0.4, 0.5) is 5.69 Å². The summed E-state index contributed by atoms with van der Waals surface area (Å²) in [6.45, 7) is 2.73. The highest BCUT2D eigenvalue weighted by Gasteiger charge is 2.40. The van der Waals surface area contributed by atoms with Crippen molar-refractivity contribution in [2.75, 3.05) is 18.6 Å². The van der Waals surface area contributed by atoms with Crippen LogP contribution in [-0.2, 0) is 9.53 Å². The number of piperidine rings is 1. The van der Waals surface area contributed by atoms with E-state index in [-0.39, 0.29) is 29.9 Å². The Morgan fingerprint density at radius 3 is 2.41 bits per heavy atom. The van der Waals surface area contributed by atoms with E-state index >= 15 is 0 Å². The Hall–Kier alpha value is -2.85. The number of fused-ring (bicyclic) bond motifs is 1. The van der Waals surface area contributed by atoms with Crippen molar-refractivity contribution in [3.8, 4) is 0 Å². The zero-order chi connectivity index (χ0) is 20.4. The predicted octanol–water partition coefficient (Wildman–Crippen LogP) is 4.54. The first-order chi connectivity index (χ1) is 14.1. The lowest BCUT2D eigenvalue weighted by Gasteiger charge is -2.46. The summed E-state index contributed by atoms with van der Waals surface area (Å²) < 4.78 is 5.89. The summed E-state index contributed by atoms with van der Waals surface area (Å²) in [5.74, 6) is -0.116. The molecule has 0 aromatic heterocycles. The molecule has 150 valence electrons. The molecule has 0 bridgehead atoms. The number of carbonyl (C=O) groups excluding carboxylic acids is 1. The van der Waals surface area contributed by atoms with E-state index in [1.165, 1.54) is 16.3 Å². The minimum absolute atomic E-state index is 0.0945. The second-order valence-electron chi connectivity index (χ2n) is 7.98. The fourth-order valence-electron chi connectivity index (χ4n) is 4.66. The largest absolute Gasteiger partial charge is 0.369 e. The number of hydrogen-bond donors (Lipinski definition) is 1. The number of rotatable bonds is 5. The standard InChI is InChI=1S/C25H28N2O2/c1-17(25(26)28)22-15-24(29-2)27(16-23(22)19-9-4-3-5-10-19)21-13-12-18-8-6-7-11-20(18)14-21/h3-14,17,22-24H,15-16H2,1-2H3,(H2,26,28). The molecule has 1 fully saturated rings. The Morgan fingerprint density at radius 1 is 1.03 bits per heavy atom. The lowest BCUT2D eigenvalue weighted by molar-refractivity contribution is -0.124. The first kappa shape index (κ1) is 19.5. The van der Waals surface area contributed by atoms with Gasteiger partial charge in [-0.15, -0.1) is 0 Å². The number of ether oxygens (including phenoxy) is 1. The average Bonchev–Trinajstić information content (AvgIpc) is 2.77. The first-order valence-electron chi connectivity index (χ1n) is 10.2. The van der Waals surface area contributed by atoms with Gasteiger partial charge in [0.15, 0.2) is 0 Å². The van der Waals surface area contributed by atoms with E-state index in [0.29, 0.717) is 0 Å². The Balaban J connectivity index is 1.73. The number of carbonyl (C=O) groups is 1. The highest BCUT2D eigenvalue weighted by atomic mass is 16.5. The van der Waals surface area contributed by atoms with Gasteiger partial charge >= 0.3 is 0 Å². The van der Waals surface area contributed by atoms with Crippen molar-refractivity contribution in [1.82, 2.24) is 0 Å². The van der Waals surface area contributed by atoms with E-state index in [1.54, 1.807) is 7.11 Å². The lowest BCUT2D eigenvalue weighted by Crippen LogP contribution is -2.50. The molecule has 1 amide bonds. The quantitative estimate of drug-likeness (QED) is 0.698. The third kappa shape index (κ3) is 3.85. The van der Waals surface area contributed by atoms with Crippen LogP contribution in [0.5, 0.6) is 0 Å². The molecule has 4 heteroatoms. The minimum Gasteiger partial charge on any atom is -0.369 e. The zero-order valence-corrected chi connectivity index (χ0v) is 17.0. The van der Waals surface area contributed by atoms with Crippen LogP contribution in [0.15, 0.2) is 72.8 Å². The molecule has 1 aliphatic rings. The summed E-state index contributed by atoms with van der Waals surface area (Å²) in [5, 5.41) is 2.44. The first-order valence-corrected chi connectivity index (χ1v) is 10.2. The summed E-state index contributed by atoms with van der Waals surface area (Å²) in [5.41, 5.74) is 8.09.